The minimum atomic E-state index is 0.664. The second-order valence-corrected chi connectivity index (χ2v) is 3.77. The number of anilines is 2. The molecule has 0 aliphatic rings. The van der Waals surface area contributed by atoms with Gasteiger partial charge in [-0.2, -0.15) is 4.98 Å². The summed E-state index contributed by atoms with van der Waals surface area (Å²) in [5.74, 6) is 0. The van der Waals surface area contributed by atoms with Gasteiger partial charge in [0.05, 0.1) is 5.69 Å². The number of hydrogen-bond donors (Lipinski definition) is 1. The van der Waals surface area contributed by atoms with E-state index in [-0.39, 0.29) is 0 Å². The Labute approximate surface area is 95.1 Å². The van der Waals surface area contributed by atoms with Crippen LogP contribution in [0.1, 0.15) is 20.3 Å². The molecular formula is C12H17N3O. The first-order valence-electron chi connectivity index (χ1n) is 5.66. The number of nitrogens with zero attached hydrogens (tertiary/aromatic N) is 2. The largest absolute Gasteiger partial charge is 0.423 e. The second kappa shape index (κ2) is 4.43. The molecular weight excluding hydrogens is 202 g/mol. The molecule has 0 fully saturated rings. The number of hydrogen-bond acceptors (Lipinski definition) is 4. The van der Waals surface area contributed by atoms with Crippen molar-refractivity contribution in [1.29, 1.82) is 0 Å². The number of nitrogen functional groups attached to an aromatic ring is 1. The fraction of sp³-hybridized carbons (Fsp3) is 0.417. The Morgan fingerprint density at radius 2 is 2.19 bits per heavy atom. The van der Waals surface area contributed by atoms with Crippen molar-refractivity contribution in [1.82, 2.24) is 4.98 Å². The lowest BCUT2D eigenvalue weighted by Crippen LogP contribution is -2.23. The molecule has 0 saturated carbocycles. The van der Waals surface area contributed by atoms with Gasteiger partial charge in [0.1, 0.15) is 5.52 Å². The van der Waals surface area contributed by atoms with Crippen LogP contribution in [0, 0.1) is 0 Å². The highest BCUT2D eigenvalue weighted by molar-refractivity contribution is 5.86. The lowest BCUT2D eigenvalue weighted by atomic mass is 10.3. The first kappa shape index (κ1) is 10.8. The molecule has 0 aliphatic heterocycles. The van der Waals surface area contributed by atoms with Gasteiger partial charge in [-0.05, 0) is 25.5 Å². The molecule has 0 aliphatic carbocycles. The van der Waals surface area contributed by atoms with Crippen LogP contribution in [-0.2, 0) is 0 Å². The number of rotatable bonds is 4. The van der Waals surface area contributed by atoms with E-state index in [9.17, 15) is 0 Å². The van der Waals surface area contributed by atoms with Crippen molar-refractivity contribution < 1.29 is 4.42 Å². The molecule has 4 heteroatoms. The van der Waals surface area contributed by atoms with Crippen LogP contribution in [-0.4, -0.2) is 18.1 Å². The zero-order valence-corrected chi connectivity index (χ0v) is 9.73. The molecule has 1 aromatic carbocycles. The number of aromatic nitrogens is 1. The third-order valence-corrected chi connectivity index (χ3v) is 2.58. The van der Waals surface area contributed by atoms with Gasteiger partial charge in [-0.25, -0.2) is 0 Å². The molecule has 0 bridgehead atoms. The van der Waals surface area contributed by atoms with E-state index in [2.05, 4.69) is 23.7 Å². The van der Waals surface area contributed by atoms with Crippen molar-refractivity contribution in [2.75, 3.05) is 23.7 Å². The molecule has 0 radical (unpaired) electrons. The maximum atomic E-state index is 5.84. The molecule has 2 N–H and O–H groups in total. The minimum Gasteiger partial charge on any atom is -0.423 e. The van der Waals surface area contributed by atoms with E-state index in [1.165, 1.54) is 0 Å². The fourth-order valence-corrected chi connectivity index (χ4v) is 1.75. The highest BCUT2D eigenvalue weighted by Gasteiger charge is 2.12. The summed E-state index contributed by atoms with van der Waals surface area (Å²) in [6.07, 6.45) is 1.07. The van der Waals surface area contributed by atoms with Gasteiger partial charge in [-0.15, -0.1) is 0 Å². The highest BCUT2D eigenvalue weighted by Crippen LogP contribution is 2.25. The standard InChI is InChI=1S/C12H17N3O/c1-3-8-15(4-2)12-14-11-9(13)6-5-7-10(11)16-12/h5-7H,3-4,8,13H2,1-2H3. The second-order valence-electron chi connectivity index (χ2n) is 3.77. The Hall–Kier alpha value is -1.71. The third-order valence-electron chi connectivity index (χ3n) is 2.58. The Morgan fingerprint density at radius 1 is 1.38 bits per heavy atom. The molecule has 2 rings (SSSR count). The average Bonchev–Trinajstić information content (AvgIpc) is 2.71. The summed E-state index contributed by atoms with van der Waals surface area (Å²) in [5, 5.41) is 0. The third kappa shape index (κ3) is 1.83. The summed E-state index contributed by atoms with van der Waals surface area (Å²) in [4.78, 5) is 6.55. The van der Waals surface area contributed by atoms with Crippen LogP contribution in [0.15, 0.2) is 22.6 Å². The smallest absolute Gasteiger partial charge is 0.298 e. The van der Waals surface area contributed by atoms with Crippen LogP contribution in [0.4, 0.5) is 11.7 Å². The van der Waals surface area contributed by atoms with Gasteiger partial charge in [0.25, 0.3) is 6.01 Å². The van der Waals surface area contributed by atoms with E-state index in [4.69, 9.17) is 10.2 Å². The van der Waals surface area contributed by atoms with Crippen molar-refractivity contribution in [3.05, 3.63) is 18.2 Å². The normalized spacial score (nSPS) is 10.9. The monoisotopic (exact) mass is 219 g/mol. The number of nitrogens with two attached hydrogens (primary N) is 1. The number of oxazole rings is 1. The minimum absolute atomic E-state index is 0.664. The van der Waals surface area contributed by atoms with Crippen LogP contribution in [0.25, 0.3) is 11.1 Å². The van der Waals surface area contributed by atoms with Crippen LogP contribution in [0.3, 0.4) is 0 Å². The Kier molecular flexibility index (Phi) is 2.99. The lowest BCUT2D eigenvalue weighted by molar-refractivity contribution is 0.568. The first-order valence-corrected chi connectivity index (χ1v) is 5.66. The molecule has 0 spiro atoms. The predicted molar refractivity (Wildman–Crippen MR) is 66.6 cm³/mol. The zero-order chi connectivity index (χ0) is 11.5. The Morgan fingerprint density at radius 3 is 2.81 bits per heavy atom. The maximum Gasteiger partial charge on any atom is 0.298 e. The molecule has 0 atom stereocenters. The van der Waals surface area contributed by atoms with E-state index in [1.807, 2.05) is 18.2 Å². The van der Waals surface area contributed by atoms with E-state index >= 15 is 0 Å². The SMILES string of the molecule is CCCN(CC)c1nc2c(N)cccc2o1. The number of para-hydroxylation sites is 1. The molecule has 1 aromatic heterocycles. The summed E-state index contributed by atoms with van der Waals surface area (Å²) >= 11 is 0. The molecule has 0 amide bonds. The van der Waals surface area contributed by atoms with E-state index in [0.717, 1.165) is 30.6 Å². The van der Waals surface area contributed by atoms with E-state index in [0.29, 0.717) is 11.7 Å². The van der Waals surface area contributed by atoms with Gasteiger partial charge in [-0.1, -0.05) is 13.0 Å². The lowest BCUT2D eigenvalue weighted by Gasteiger charge is -2.16. The number of fused-ring (bicyclic) bond motifs is 1. The van der Waals surface area contributed by atoms with Crippen molar-refractivity contribution >= 4 is 22.8 Å². The summed E-state index contributed by atoms with van der Waals surface area (Å²) in [5.41, 5.74) is 8.02. The van der Waals surface area contributed by atoms with Crippen LogP contribution < -0.4 is 10.6 Å². The summed E-state index contributed by atoms with van der Waals surface area (Å²) < 4.78 is 5.69. The molecule has 16 heavy (non-hydrogen) atoms. The summed E-state index contributed by atoms with van der Waals surface area (Å²) in [6.45, 7) is 6.07. The van der Waals surface area contributed by atoms with Crippen molar-refractivity contribution in [2.24, 2.45) is 0 Å². The van der Waals surface area contributed by atoms with E-state index in [1.54, 1.807) is 0 Å². The molecule has 0 saturated heterocycles. The highest BCUT2D eigenvalue weighted by atomic mass is 16.4. The summed E-state index contributed by atoms with van der Waals surface area (Å²) in [7, 11) is 0. The Balaban J connectivity index is 2.42. The average molecular weight is 219 g/mol. The quantitative estimate of drug-likeness (QED) is 0.803. The fourth-order valence-electron chi connectivity index (χ4n) is 1.75. The van der Waals surface area contributed by atoms with Gasteiger partial charge in [0.15, 0.2) is 5.58 Å². The predicted octanol–water partition coefficient (Wildman–Crippen LogP) is 2.65. The zero-order valence-electron chi connectivity index (χ0n) is 9.73. The van der Waals surface area contributed by atoms with Gasteiger partial charge >= 0.3 is 0 Å². The number of benzene rings is 1. The maximum absolute atomic E-state index is 5.84. The van der Waals surface area contributed by atoms with Gasteiger partial charge in [0, 0.05) is 13.1 Å². The molecule has 0 unspecified atom stereocenters. The van der Waals surface area contributed by atoms with Crippen molar-refractivity contribution in [3.63, 3.8) is 0 Å². The molecule has 2 aromatic rings. The van der Waals surface area contributed by atoms with Gasteiger partial charge in [-0.3, -0.25) is 0 Å². The van der Waals surface area contributed by atoms with Gasteiger partial charge in [0.2, 0.25) is 0 Å². The van der Waals surface area contributed by atoms with Crippen LogP contribution >= 0.6 is 0 Å². The van der Waals surface area contributed by atoms with Crippen molar-refractivity contribution in [3.8, 4) is 0 Å². The van der Waals surface area contributed by atoms with Crippen molar-refractivity contribution in [2.45, 2.75) is 20.3 Å². The van der Waals surface area contributed by atoms with Gasteiger partial charge < -0.3 is 15.1 Å². The summed E-state index contributed by atoms with van der Waals surface area (Å²) in [6, 6.07) is 6.27. The van der Waals surface area contributed by atoms with Crippen LogP contribution in [0.2, 0.25) is 0 Å². The van der Waals surface area contributed by atoms with E-state index < -0.39 is 0 Å². The topological polar surface area (TPSA) is 55.3 Å². The Bertz CT molecular complexity index is 478. The first-order chi connectivity index (χ1) is 7.76. The molecule has 1 heterocycles. The molecule has 4 nitrogen and oxygen atoms in total. The molecule has 86 valence electrons. The van der Waals surface area contributed by atoms with Crippen LogP contribution in [0.5, 0.6) is 0 Å².